The maximum Gasteiger partial charge on any atom is 0.342 e. The number of phenolic OH excluding ortho intramolecular Hbond substituents is 1. The number of para-hydroxylation sites is 1. The van der Waals surface area contributed by atoms with Crippen LogP contribution >= 0.6 is 0 Å². The predicted octanol–water partition coefficient (Wildman–Crippen LogP) is 3.38. The van der Waals surface area contributed by atoms with Gasteiger partial charge < -0.3 is 9.84 Å². The van der Waals surface area contributed by atoms with Gasteiger partial charge in [-0.15, -0.1) is 0 Å². The van der Waals surface area contributed by atoms with Crippen molar-refractivity contribution in [1.82, 2.24) is 0 Å². The van der Waals surface area contributed by atoms with E-state index in [1.807, 2.05) is 19.1 Å². The SMILES string of the molecule is CCc1ccc(C(=O)C(C)OC(=O)c2ccccc2O)cc1. The number of ether oxygens (including phenoxy) is 1. The van der Waals surface area contributed by atoms with E-state index in [2.05, 4.69) is 0 Å². The summed E-state index contributed by atoms with van der Waals surface area (Å²) in [6.07, 6.45) is -0.0219. The number of hydrogen-bond donors (Lipinski definition) is 1. The Morgan fingerprint density at radius 1 is 1.09 bits per heavy atom. The molecule has 0 saturated carbocycles. The third-order valence-electron chi connectivity index (χ3n) is 3.42. The molecule has 2 aromatic rings. The Morgan fingerprint density at radius 2 is 1.73 bits per heavy atom. The summed E-state index contributed by atoms with van der Waals surface area (Å²) in [5.41, 5.74) is 1.67. The van der Waals surface area contributed by atoms with Crippen molar-refractivity contribution in [3.05, 3.63) is 65.2 Å². The van der Waals surface area contributed by atoms with Crippen LogP contribution in [0.1, 0.15) is 40.1 Å². The van der Waals surface area contributed by atoms with Gasteiger partial charge in [0.05, 0.1) is 0 Å². The van der Waals surface area contributed by atoms with Crippen LogP contribution in [0.15, 0.2) is 48.5 Å². The Kier molecular flexibility index (Phi) is 4.94. The van der Waals surface area contributed by atoms with Crippen molar-refractivity contribution in [2.24, 2.45) is 0 Å². The van der Waals surface area contributed by atoms with Gasteiger partial charge in [-0.25, -0.2) is 4.79 Å². The quantitative estimate of drug-likeness (QED) is 0.679. The summed E-state index contributed by atoms with van der Waals surface area (Å²) in [6, 6.07) is 13.3. The number of hydrogen-bond acceptors (Lipinski definition) is 4. The van der Waals surface area contributed by atoms with Gasteiger partial charge in [-0.05, 0) is 31.0 Å². The lowest BCUT2D eigenvalue weighted by Crippen LogP contribution is -2.24. The van der Waals surface area contributed by atoms with E-state index in [1.54, 1.807) is 24.3 Å². The van der Waals surface area contributed by atoms with E-state index in [1.165, 1.54) is 19.1 Å². The molecule has 4 heteroatoms. The van der Waals surface area contributed by atoms with Crippen molar-refractivity contribution in [3.8, 4) is 5.75 Å². The van der Waals surface area contributed by atoms with Gasteiger partial charge in [0.15, 0.2) is 6.10 Å². The van der Waals surface area contributed by atoms with E-state index in [9.17, 15) is 14.7 Å². The summed E-state index contributed by atoms with van der Waals surface area (Å²) in [6.45, 7) is 3.56. The van der Waals surface area contributed by atoms with Crippen LogP contribution in [-0.2, 0) is 11.2 Å². The van der Waals surface area contributed by atoms with Gasteiger partial charge >= 0.3 is 5.97 Å². The fraction of sp³-hybridized carbons (Fsp3) is 0.222. The molecule has 0 radical (unpaired) electrons. The molecule has 2 aromatic carbocycles. The first-order chi connectivity index (χ1) is 10.5. The van der Waals surface area contributed by atoms with Crippen LogP contribution in [0.3, 0.4) is 0 Å². The van der Waals surface area contributed by atoms with E-state index in [0.717, 1.165) is 12.0 Å². The van der Waals surface area contributed by atoms with E-state index >= 15 is 0 Å². The highest BCUT2D eigenvalue weighted by atomic mass is 16.5. The lowest BCUT2D eigenvalue weighted by Gasteiger charge is -2.13. The number of Topliss-reactive ketones (excluding diaryl/α,β-unsaturated/α-hetero) is 1. The van der Waals surface area contributed by atoms with Crippen LogP contribution in [0.5, 0.6) is 5.75 Å². The molecule has 0 heterocycles. The fourth-order valence-corrected chi connectivity index (χ4v) is 2.06. The lowest BCUT2D eigenvalue weighted by molar-refractivity contribution is 0.0316. The Morgan fingerprint density at radius 3 is 2.32 bits per heavy atom. The fourth-order valence-electron chi connectivity index (χ4n) is 2.06. The number of benzene rings is 2. The van der Waals surface area contributed by atoms with Crippen LogP contribution in [0.4, 0.5) is 0 Å². The summed E-state index contributed by atoms with van der Waals surface area (Å²) in [5, 5.41) is 9.62. The second-order valence-corrected chi connectivity index (χ2v) is 4.98. The average molecular weight is 298 g/mol. The maximum absolute atomic E-state index is 12.3. The van der Waals surface area contributed by atoms with Gasteiger partial charge in [0, 0.05) is 5.56 Å². The second kappa shape index (κ2) is 6.89. The molecule has 0 aromatic heterocycles. The Balaban J connectivity index is 2.07. The average Bonchev–Trinajstić information content (AvgIpc) is 2.54. The van der Waals surface area contributed by atoms with Crippen LogP contribution in [0.2, 0.25) is 0 Å². The first-order valence-corrected chi connectivity index (χ1v) is 7.15. The zero-order valence-corrected chi connectivity index (χ0v) is 12.6. The molecule has 114 valence electrons. The highest BCUT2D eigenvalue weighted by Crippen LogP contribution is 2.18. The van der Waals surface area contributed by atoms with Crippen LogP contribution in [0, 0.1) is 0 Å². The molecule has 1 unspecified atom stereocenters. The molecule has 0 bridgehead atoms. The summed E-state index contributed by atoms with van der Waals surface area (Å²) < 4.78 is 5.14. The minimum Gasteiger partial charge on any atom is -0.507 e. The molecule has 0 spiro atoms. The molecule has 0 aliphatic rings. The topological polar surface area (TPSA) is 63.6 Å². The Bertz CT molecular complexity index is 674. The number of ketones is 1. The van der Waals surface area contributed by atoms with Gasteiger partial charge in [0.1, 0.15) is 11.3 Å². The van der Waals surface area contributed by atoms with E-state index < -0.39 is 12.1 Å². The molecule has 0 saturated heterocycles. The number of aryl methyl sites for hydroxylation is 1. The molecule has 2 rings (SSSR count). The van der Waals surface area contributed by atoms with Crippen molar-refractivity contribution in [1.29, 1.82) is 0 Å². The lowest BCUT2D eigenvalue weighted by atomic mass is 10.0. The highest BCUT2D eigenvalue weighted by molar-refractivity contribution is 6.01. The number of phenols is 1. The van der Waals surface area contributed by atoms with Crippen LogP contribution in [0.25, 0.3) is 0 Å². The first kappa shape index (κ1) is 15.8. The molecule has 0 aliphatic carbocycles. The molecular formula is C18H18O4. The van der Waals surface area contributed by atoms with Crippen molar-refractivity contribution < 1.29 is 19.4 Å². The first-order valence-electron chi connectivity index (χ1n) is 7.15. The van der Waals surface area contributed by atoms with Crippen molar-refractivity contribution in [3.63, 3.8) is 0 Å². The summed E-state index contributed by atoms with van der Waals surface area (Å²) >= 11 is 0. The predicted molar refractivity (Wildman–Crippen MR) is 83.1 cm³/mol. The standard InChI is InChI=1S/C18H18O4/c1-3-13-8-10-14(11-9-13)17(20)12(2)22-18(21)15-6-4-5-7-16(15)19/h4-12,19H,3H2,1-2H3. The van der Waals surface area contributed by atoms with Gasteiger partial charge in [-0.3, -0.25) is 4.79 Å². The number of esters is 1. The molecule has 0 amide bonds. The number of aromatic hydroxyl groups is 1. The van der Waals surface area contributed by atoms with Crippen LogP contribution < -0.4 is 0 Å². The molecule has 0 fully saturated rings. The van der Waals surface area contributed by atoms with Crippen molar-refractivity contribution in [2.75, 3.05) is 0 Å². The Hall–Kier alpha value is -2.62. The number of carbonyl (C=O) groups is 2. The van der Waals surface area contributed by atoms with Crippen LogP contribution in [-0.4, -0.2) is 23.0 Å². The maximum atomic E-state index is 12.3. The molecule has 4 nitrogen and oxygen atoms in total. The highest BCUT2D eigenvalue weighted by Gasteiger charge is 2.21. The van der Waals surface area contributed by atoms with Gasteiger partial charge in [0.2, 0.25) is 5.78 Å². The van der Waals surface area contributed by atoms with Crippen molar-refractivity contribution in [2.45, 2.75) is 26.4 Å². The Labute approximate surface area is 129 Å². The zero-order valence-electron chi connectivity index (χ0n) is 12.6. The monoisotopic (exact) mass is 298 g/mol. The van der Waals surface area contributed by atoms with E-state index in [4.69, 9.17) is 4.74 Å². The molecule has 1 N–H and O–H groups in total. The minimum atomic E-state index is -0.917. The zero-order chi connectivity index (χ0) is 16.1. The number of rotatable bonds is 5. The van der Waals surface area contributed by atoms with Crippen molar-refractivity contribution >= 4 is 11.8 Å². The van der Waals surface area contributed by atoms with Gasteiger partial charge in [0.25, 0.3) is 0 Å². The minimum absolute atomic E-state index is 0.0449. The van der Waals surface area contributed by atoms with E-state index in [-0.39, 0.29) is 17.1 Å². The summed E-state index contributed by atoms with van der Waals surface area (Å²) in [4.78, 5) is 24.2. The largest absolute Gasteiger partial charge is 0.507 e. The third kappa shape index (κ3) is 3.52. The molecule has 1 atom stereocenters. The third-order valence-corrected chi connectivity index (χ3v) is 3.42. The second-order valence-electron chi connectivity index (χ2n) is 4.98. The molecule has 22 heavy (non-hydrogen) atoms. The molecule has 0 aliphatic heterocycles. The normalized spacial score (nSPS) is 11.7. The number of carbonyl (C=O) groups excluding carboxylic acids is 2. The summed E-state index contributed by atoms with van der Waals surface area (Å²) in [5.74, 6) is -1.16. The van der Waals surface area contributed by atoms with Gasteiger partial charge in [-0.2, -0.15) is 0 Å². The smallest absolute Gasteiger partial charge is 0.342 e. The van der Waals surface area contributed by atoms with E-state index in [0.29, 0.717) is 5.56 Å². The summed E-state index contributed by atoms with van der Waals surface area (Å²) in [7, 11) is 0. The van der Waals surface area contributed by atoms with Gasteiger partial charge in [-0.1, -0.05) is 43.3 Å². The molecular weight excluding hydrogens is 280 g/mol.